The van der Waals surface area contributed by atoms with Gasteiger partial charge in [-0.15, -0.1) is 5.10 Å². The molecule has 8 heteroatoms. The van der Waals surface area contributed by atoms with E-state index < -0.39 is 0 Å². The van der Waals surface area contributed by atoms with Gasteiger partial charge in [0.05, 0.1) is 19.9 Å². The highest BCUT2D eigenvalue weighted by Crippen LogP contribution is 2.22. The average Bonchev–Trinajstić information content (AvgIpc) is 3.18. The van der Waals surface area contributed by atoms with Crippen molar-refractivity contribution in [3.05, 3.63) is 77.8 Å². The van der Waals surface area contributed by atoms with Crippen LogP contribution in [0.1, 0.15) is 5.56 Å². The molecule has 4 rings (SSSR count). The number of nitrogens with zero attached hydrogens (tertiary/aromatic N) is 5. The molecule has 0 amide bonds. The predicted octanol–water partition coefficient (Wildman–Crippen LogP) is 4.19. The molecule has 0 bridgehead atoms. The van der Waals surface area contributed by atoms with E-state index in [1.807, 2.05) is 59.4 Å². The van der Waals surface area contributed by atoms with Crippen LogP contribution in [0.5, 0.6) is 5.75 Å². The molecule has 140 valence electrons. The van der Waals surface area contributed by atoms with Gasteiger partial charge < -0.3 is 10.1 Å². The molecule has 0 fully saturated rings. The summed E-state index contributed by atoms with van der Waals surface area (Å²) in [6, 6.07) is 17.5. The van der Waals surface area contributed by atoms with Gasteiger partial charge in [-0.25, -0.2) is 14.6 Å². The summed E-state index contributed by atoms with van der Waals surface area (Å²) < 4.78 is 6.99. The number of anilines is 2. The first-order valence-corrected chi connectivity index (χ1v) is 8.96. The van der Waals surface area contributed by atoms with Gasteiger partial charge in [0.2, 0.25) is 5.28 Å². The second-order valence-corrected chi connectivity index (χ2v) is 6.40. The fourth-order valence-electron chi connectivity index (χ4n) is 2.70. The maximum atomic E-state index is 5.81. The van der Waals surface area contributed by atoms with Crippen LogP contribution in [-0.4, -0.2) is 32.1 Å². The Morgan fingerprint density at radius 3 is 2.54 bits per heavy atom. The Balaban J connectivity index is 1.44. The molecule has 1 N–H and O–H groups in total. The van der Waals surface area contributed by atoms with Gasteiger partial charge >= 0.3 is 0 Å². The molecular formula is C20H17ClN6O. The van der Waals surface area contributed by atoms with E-state index in [0.717, 1.165) is 28.3 Å². The average molecular weight is 393 g/mol. The zero-order valence-electron chi connectivity index (χ0n) is 15.1. The number of benzene rings is 2. The lowest BCUT2D eigenvalue weighted by molar-refractivity contribution is 0.414. The summed E-state index contributed by atoms with van der Waals surface area (Å²) in [5.41, 5.74) is 3.81. The van der Waals surface area contributed by atoms with Crippen molar-refractivity contribution >= 4 is 23.1 Å². The van der Waals surface area contributed by atoms with Gasteiger partial charge in [-0.1, -0.05) is 29.5 Å². The summed E-state index contributed by atoms with van der Waals surface area (Å²) in [6.07, 6.45) is 3.53. The van der Waals surface area contributed by atoms with Crippen LogP contribution < -0.4 is 10.1 Å². The van der Waals surface area contributed by atoms with Crippen molar-refractivity contribution in [2.75, 3.05) is 12.4 Å². The van der Waals surface area contributed by atoms with E-state index in [0.29, 0.717) is 12.4 Å². The molecule has 0 aliphatic rings. The molecule has 2 aromatic carbocycles. The molecular weight excluding hydrogens is 376 g/mol. The van der Waals surface area contributed by atoms with Gasteiger partial charge in [-0.3, -0.25) is 0 Å². The van der Waals surface area contributed by atoms with Crippen molar-refractivity contribution in [1.29, 1.82) is 0 Å². The molecule has 28 heavy (non-hydrogen) atoms. The van der Waals surface area contributed by atoms with Crippen LogP contribution in [0.3, 0.4) is 0 Å². The fraction of sp³-hybridized carbons (Fsp3) is 0.100. The summed E-state index contributed by atoms with van der Waals surface area (Å²) in [4.78, 5) is 7.98. The molecule has 0 aliphatic carbocycles. The zero-order chi connectivity index (χ0) is 19.3. The molecule has 0 radical (unpaired) electrons. The minimum Gasteiger partial charge on any atom is -0.497 e. The molecule has 0 spiro atoms. The Morgan fingerprint density at radius 1 is 1.04 bits per heavy atom. The highest BCUT2D eigenvalue weighted by molar-refractivity contribution is 6.28. The summed E-state index contributed by atoms with van der Waals surface area (Å²) in [7, 11) is 1.65. The van der Waals surface area contributed by atoms with Gasteiger partial charge in [0.25, 0.3) is 0 Å². The van der Waals surface area contributed by atoms with Crippen LogP contribution >= 0.6 is 11.6 Å². The van der Waals surface area contributed by atoms with Crippen LogP contribution in [0.25, 0.3) is 11.3 Å². The highest BCUT2D eigenvalue weighted by atomic mass is 35.5. The molecule has 2 aromatic heterocycles. The maximum absolute atomic E-state index is 5.81. The number of hydrogen-bond acceptors (Lipinski definition) is 6. The lowest BCUT2D eigenvalue weighted by Gasteiger charge is -2.06. The third-order valence-electron chi connectivity index (χ3n) is 4.12. The van der Waals surface area contributed by atoms with Gasteiger partial charge in [-0.2, -0.15) is 0 Å². The molecule has 7 nitrogen and oxygen atoms in total. The number of aromatic nitrogens is 5. The van der Waals surface area contributed by atoms with Crippen molar-refractivity contribution < 1.29 is 4.74 Å². The minimum absolute atomic E-state index is 0.204. The van der Waals surface area contributed by atoms with Crippen LogP contribution in [0.15, 0.2) is 67.0 Å². The third kappa shape index (κ3) is 4.27. The van der Waals surface area contributed by atoms with Crippen LogP contribution in [0.2, 0.25) is 5.28 Å². The monoisotopic (exact) mass is 392 g/mol. The number of hydrogen-bond donors (Lipinski definition) is 1. The summed E-state index contributed by atoms with van der Waals surface area (Å²) >= 11 is 5.81. The number of ether oxygens (including phenoxy) is 1. The van der Waals surface area contributed by atoms with Crippen molar-refractivity contribution in [1.82, 2.24) is 25.0 Å². The largest absolute Gasteiger partial charge is 0.497 e. The van der Waals surface area contributed by atoms with Gasteiger partial charge in [-0.05, 0) is 47.5 Å². The summed E-state index contributed by atoms with van der Waals surface area (Å²) in [6.45, 7) is 0.644. The third-order valence-corrected chi connectivity index (χ3v) is 4.30. The zero-order valence-corrected chi connectivity index (χ0v) is 15.8. The molecule has 0 saturated heterocycles. The van der Waals surface area contributed by atoms with Crippen molar-refractivity contribution in [3.8, 4) is 17.0 Å². The molecule has 0 unspecified atom stereocenters. The first-order valence-electron chi connectivity index (χ1n) is 8.59. The molecule has 4 aromatic rings. The molecule has 0 aliphatic heterocycles. The van der Waals surface area contributed by atoms with E-state index in [9.17, 15) is 0 Å². The second-order valence-electron chi connectivity index (χ2n) is 6.06. The normalized spacial score (nSPS) is 10.6. The Hall–Kier alpha value is -3.45. The lowest BCUT2D eigenvalue weighted by Crippen LogP contribution is -2.00. The Kier molecular flexibility index (Phi) is 5.16. The fourth-order valence-corrected chi connectivity index (χ4v) is 2.85. The standard InChI is InChI=1S/C20H17ClN6O/c1-28-17-8-2-14(3-9-17)12-27-13-18(25-26-27)15-4-6-16(7-5-15)23-19-10-11-22-20(21)24-19/h2-11,13H,12H2,1H3,(H,22,23,24). The maximum Gasteiger partial charge on any atom is 0.224 e. The van der Waals surface area contributed by atoms with E-state index in [2.05, 4.69) is 25.6 Å². The van der Waals surface area contributed by atoms with Gasteiger partial charge in [0.15, 0.2) is 0 Å². The van der Waals surface area contributed by atoms with Crippen LogP contribution in [0, 0.1) is 0 Å². The smallest absolute Gasteiger partial charge is 0.224 e. The topological polar surface area (TPSA) is 77.8 Å². The van der Waals surface area contributed by atoms with E-state index in [1.165, 1.54) is 0 Å². The summed E-state index contributed by atoms with van der Waals surface area (Å²) in [5, 5.41) is 11.9. The van der Waals surface area contributed by atoms with Crippen molar-refractivity contribution in [3.63, 3.8) is 0 Å². The van der Waals surface area contributed by atoms with E-state index in [-0.39, 0.29) is 5.28 Å². The minimum atomic E-state index is 0.204. The van der Waals surface area contributed by atoms with E-state index in [1.54, 1.807) is 19.4 Å². The molecule has 0 atom stereocenters. The lowest BCUT2D eigenvalue weighted by atomic mass is 10.1. The summed E-state index contributed by atoms with van der Waals surface area (Å²) in [5.74, 6) is 1.47. The number of methoxy groups -OCH3 is 1. The molecule has 0 saturated carbocycles. The number of nitrogens with one attached hydrogen (secondary N) is 1. The van der Waals surface area contributed by atoms with Crippen molar-refractivity contribution in [2.24, 2.45) is 0 Å². The number of halogens is 1. The molecule has 2 heterocycles. The van der Waals surface area contributed by atoms with E-state index in [4.69, 9.17) is 16.3 Å². The Morgan fingerprint density at radius 2 is 1.82 bits per heavy atom. The van der Waals surface area contributed by atoms with Crippen LogP contribution in [0.4, 0.5) is 11.5 Å². The SMILES string of the molecule is COc1ccc(Cn2cc(-c3ccc(Nc4ccnc(Cl)n4)cc3)nn2)cc1. The Labute approximate surface area is 167 Å². The first kappa shape index (κ1) is 17.9. The van der Waals surface area contributed by atoms with Crippen LogP contribution in [-0.2, 0) is 6.54 Å². The first-order chi connectivity index (χ1) is 13.7. The van der Waals surface area contributed by atoms with Gasteiger partial charge in [0.1, 0.15) is 17.3 Å². The highest BCUT2D eigenvalue weighted by Gasteiger charge is 2.06. The Bertz CT molecular complexity index is 1060. The van der Waals surface area contributed by atoms with Crippen molar-refractivity contribution in [2.45, 2.75) is 6.54 Å². The predicted molar refractivity (Wildman–Crippen MR) is 108 cm³/mol. The second kappa shape index (κ2) is 8.06. The quantitative estimate of drug-likeness (QED) is 0.496. The number of rotatable bonds is 6. The van der Waals surface area contributed by atoms with E-state index >= 15 is 0 Å². The van der Waals surface area contributed by atoms with Gasteiger partial charge in [0, 0.05) is 17.4 Å².